The van der Waals surface area contributed by atoms with Crippen LogP contribution in [0.5, 0.6) is 0 Å². The second-order valence-corrected chi connectivity index (χ2v) is 3.49. The molecule has 0 aromatic carbocycles. The highest BCUT2D eigenvalue weighted by Crippen LogP contribution is 2.27. The first-order valence-electron chi connectivity index (χ1n) is 5.86. The number of aliphatic imine (C=N–C) groups is 1. The van der Waals surface area contributed by atoms with Gasteiger partial charge in [0, 0.05) is 6.21 Å². The zero-order chi connectivity index (χ0) is 13.0. The number of rotatable bonds is 2. The van der Waals surface area contributed by atoms with E-state index in [0.717, 1.165) is 15.7 Å². The van der Waals surface area contributed by atoms with E-state index in [1.807, 2.05) is 60.6 Å². The van der Waals surface area contributed by atoms with Crippen LogP contribution in [0.2, 0.25) is 0 Å². The Bertz CT molecular complexity index is 282. The summed E-state index contributed by atoms with van der Waals surface area (Å²) >= 11 is 1.62. The molecule has 0 radical (unpaired) electrons. The summed E-state index contributed by atoms with van der Waals surface area (Å²) < 4.78 is 0. The topological polar surface area (TPSA) is 25.2 Å². The van der Waals surface area contributed by atoms with Crippen molar-refractivity contribution in [2.75, 3.05) is 0 Å². The third-order valence-electron chi connectivity index (χ3n) is 1.31. The Labute approximate surface area is 104 Å². The van der Waals surface area contributed by atoms with Crippen molar-refractivity contribution in [2.45, 2.75) is 48.5 Å². The van der Waals surface area contributed by atoms with Crippen molar-refractivity contribution < 1.29 is 0 Å². The minimum absolute atomic E-state index is 0.970. The maximum atomic E-state index is 4.34. The van der Waals surface area contributed by atoms with Gasteiger partial charge >= 0.3 is 0 Å². The van der Waals surface area contributed by atoms with Gasteiger partial charge < -0.3 is 0 Å². The summed E-state index contributed by atoms with van der Waals surface area (Å²) in [6.45, 7) is 13.9. The monoisotopic (exact) mass is 240 g/mol. The second-order valence-electron chi connectivity index (χ2n) is 2.31. The molecule has 16 heavy (non-hydrogen) atoms. The van der Waals surface area contributed by atoms with Gasteiger partial charge in [0.2, 0.25) is 0 Å². The zero-order valence-electron chi connectivity index (χ0n) is 11.5. The van der Waals surface area contributed by atoms with Gasteiger partial charge in [-0.05, 0) is 26.8 Å². The highest BCUT2D eigenvalue weighted by atomic mass is 32.1. The van der Waals surface area contributed by atoms with Crippen LogP contribution in [-0.2, 0) is 0 Å². The van der Waals surface area contributed by atoms with E-state index in [-0.39, 0.29) is 0 Å². The molecule has 1 rings (SSSR count). The molecule has 0 aliphatic carbocycles. The highest BCUT2D eigenvalue weighted by molar-refractivity contribution is 7.15. The molecule has 0 N–H and O–H groups in total. The Morgan fingerprint density at radius 3 is 2.12 bits per heavy atom. The first kappa shape index (κ1) is 17.4. The number of allylic oxidation sites excluding steroid dienone is 1. The van der Waals surface area contributed by atoms with Crippen LogP contribution in [0.25, 0.3) is 6.08 Å². The molecule has 92 valence electrons. The quantitative estimate of drug-likeness (QED) is 0.647. The number of aromatic nitrogens is 1. The summed E-state index contributed by atoms with van der Waals surface area (Å²) in [5, 5.41) is 2.05. The maximum Gasteiger partial charge on any atom is 0.143 e. The van der Waals surface area contributed by atoms with Gasteiger partial charge in [0.25, 0.3) is 0 Å². The summed E-state index contributed by atoms with van der Waals surface area (Å²) in [5.41, 5.74) is 0.970. The van der Waals surface area contributed by atoms with E-state index in [1.54, 1.807) is 17.6 Å². The summed E-state index contributed by atoms with van der Waals surface area (Å²) in [6.07, 6.45) is 5.74. The van der Waals surface area contributed by atoms with Gasteiger partial charge in [-0.3, -0.25) is 0 Å². The van der Waals surface area contributed by atoms with E-state index in [1.165, 1.54) is 0 Å². The molecule has 0 unspecified atom stereocenters. The smallest absolute Gasteiger partial charge is 0.143 e. The van der Waals surface area contributed by atoms with Gasteiger partial charge in [-0.15, -0.1) is 0 Å². The largest absolute Gasteiger partial charge is 0.248 e. The van der Waals surface area contributed by atoms with E-state index in [9.17, 15) is 0 Å². The Morgan fingerprint density at radius 2 is 1.69 bits per heavy atom. The molecule has 1 aromatic rings. The summed E-state index contributed by atoms with van der Waals surface area (Å²) in [7, 11) is 0. The van der Waals surface area contributed by atoms with Crippen molar-refractivity contribution in [1.82, 2.24) is 4.98 Å². The predicted molar refractivity (Wildman–Crippen MR) is 78.1 cm³/mol. The molecule has 1 aromatic heterocycles. The lowest BCUT2D eigenvalue weighted by Gasteiger charge is -1.85. The molecule has 0 spiro atoms. The normalized spacial score (nSPS) is 9.69. The van der Waals surface area contributed by atoms with Gasteiger partial charge in [0.1, 0.15) is 5.00 Å². The van der Waals surface area contributed by atoms with E-state index in [0.29, 0.717) is 0 Å². The lowest BCUT2D eigenvalue weighted by atomic mass is 10.4. The van der Waals surface area contributed by atoms with Crippen molar-refractivity contribution in [3.05, 3.63) is 16.8 Å². The Kier molecular flexibility index (Phi) is 13.2. The van der Waals surface area contributed by atoms with Crippen LogP contribution >= 0.6 is 11.3 Å². The summed E-state index contributed by atoms with van der Waals surface area (Å²) in [4.78, 5) is 8.56. The van der Waals surface area contributed by atoms with Crippen molar-refractivity contribution in [3.8, 4) is 0 Å². The van der Waals surface area contributed by atoms with E-state index in [4.69, 9.17) is 0 Å². The molecule has 0 amide bonds. The van der Waals surface area contributed by atoms with Crippen LogP contribution < -0.4 is 0 Å². The minimum atomic E-state index is 0.970. The molecule has 0 saturated carbocycles. The third kappa shape index (κ3) is 6.51. The van der Waals surface area contributed by atoms with Gasteiger partial charge in [-0.1, -0.05) is 45.1 Å². The van der Waals surface area contributed by atoms with Crippen LogP contribution in [-0.4, -0.2) is 11.2 Å². The van der Waals surface area contributed by atoms with Crippen molar-refractivity contribution in [1.29, 1.82) is 0 Å². The second kappa shape index (κ2) is 12.1. The molecule has 2 nitrogen and oxygen atoms in total. The molecule has 0 saturated heterocycles. The SMILES string of the molecule is C/C=C\c1nc(C)sc1/N=C\C.CC.CC. The first-order chi connectivity index (χ1) is 7.77. The number of hydrogen-bond donors (Lipinski definition) is 0. The fraction of sp³-hybridized carbons (Fsp3) is 0.538. The highest BCUT2D eigenvalue weighted by Gasteiger charge is 2.02. The van der Waals surface area contributed by atoms with Crippen molar-refractivity contribution >= 4 is 28.6 Å². The molecule has 0 fully saturated rings. The molecular weight excluding hydrogens is 216 g/mol. The lowest BCUT2D eigenvalue weighted by Crippen LogP contribution is -1.71. The van der Waals surface area contributed by atoms with Crippen LogP contribution in [0.3, 0.4) is 0 Å². The number of nitrogens with zero attached hydrogens (tertiary/aromatic N) is 2. The van der Waals surface area contributed by atoms with E-state index in [2.05, 4.69) is 9.98 Å². The Morgan fingerprint density at radius 1 is 1.12 bits per heavy atom. The average molecular weight is 240 g/mol. The molecule has 3 heteroatoms. The molecule has 1 heterocycles. The third-order valence-corrected chi connectivity index (χ3v) is 2.21. The first-order valence-corrected chi connectivity index (χ1v) is 6.68. The Balaban J connectivity index is 0. The van der Waals surface area contributed by atoms with Crippen molar-refractivity contribution in [3.63, 3.8) is 0 Å². The van der Waals surface area contributed by atoms with Crippen LogP contribution in [0.15, 0.2) is 11.1 Å². The predicted octanol–water partition coefficient (Wildman–Crippen LogP) is 5.26. The molecule has 0 atom stereocenters. The standard InChI is InChI=1S/C9H12N2S.2C2H6/c1-4-6-8-9(10-5-2)12-7(3)11-8;2*1-2/h4-6H,1-3H3;2*1-2H3/b6-4-,10-5-;;. The van der Waals surface area contributed by atoms with Crippen molar-refractivity contribution in [2.24, 2.45) is 4.99 Å². The van der Waals surface area contributed by atoms with E-state index >= 15 is 0 Å². The van der Waals surface area contributed by atoms with Crippen LogP contribution in [0.1, 0.15) is 52.2 Å². The average Bonchev–Trinajstić information content (AvgIpc) is 2.66. The summed E-state index contributed by atoms with van der Waals surface area (Å²) in [6, 6.07) is 0. The molecule has 0 aliphatic rings. The number of aryl methyl sites for hydroxylation is 1. The molecular formula is C13H24N2S. The zero-order valence-corrected chi connectivity index (χ0v) is 12.4. The maximum absolute atomic E-state index is 4.34. The van der Waals surface area contributed by atoms with Gasteiger partial charge in [-0.2, -0.15) is 0 Å². The van der Waals surface area contributed by atoms with Gasteiger partial charge in [0.15, 0.2) is 0 Å². The Hall–Kier alpha value is -0.960. The number of hydrogen-bond acceptors (Lipinski definition) is 3. The summed E-state index contributed by atoms with van der Waals surface area (Å²) in [5.74, 6) is 0. The van der Waals surface area contributed by atoms with Crippen LogP contribution in [0.4, 0.5) is 5.00 Å². The van der Waals surface area contributed by atoms with Gasteiger partial charge in [-0.25, -0.2) is 9.98 Å². The van der Waals surface area contributed by atoms with E-state index < -0.39 is 0 Å². The van der Waals surface area contributed by atoms with Crippen LogP contribution in [0, 0.1) is 6.92 Å². The number of thiazole rings is 1. The fourth-order valence-electron chi connectivity index (χ4n) is 0.909. The lowest BCUT2D eigenvalue weighted by molar-refractivity contribution is 1.27. The molecule has 0 bridgehead atoms. The molecule has 0 aliphatic heterocycles. The fourth-order valence-corrected chi connectivity index (χ4v) is 1.71. The van der Waals surface area contributed by atoms with Gasteiger partial charge in [0.05, 0.1) is 10.7 Å². The minimum Gasteiger partial charge on any atom is -0.248 e.